The van der Waals surface area contributed by atoms with E-state index in [4.69, 9.17) is 4.74 Å². The lowest BCUT2D eigenvalue weighted by Gasteiger charge is -2.22. The predicted molar refractivity (Wildman–Crippen MR) is 70.0 cm³/mol. The number of rotatable bonds is 4. The number of ether oxygens (including phenoxy) is 2. The number of esters is 1. The van der Waals surface area contributed by atoms with Crippen LogP contribution in [0.25, 0.3) is 0 Å². The molecule has 1 fully saturated rings. The maximum absolute atomic E-state index is 13.0. The fourth-order valence-electron chi connectivity index (χ4n) is 2.23. The lowest BCUT2D eigenvalue weighted by atomic mass is 10.2. The molecule has 1 amide bonds. The molecule has 2 rings (SSSR count). The molecule has 1 aliphatic heterocycles. The third kappa shape index (κ3) is 3.69. The molecule has 2 unspecified atom stereocenters. The minimum Gasteiger partial charge on any atom is -0.484 e. The van der Waals surface area contributed by atoms with Crippen LogP contribution in [-0.4, -0.2) is 54.3 Å². The first-order valence-electron chi connectivity index (χ1n) is 6.45. The van der Waals surface area contributed by atoms with E-state index in [1.54, 1.807) is 0 Å². The molecular weight excluding hydrogens is 281 g/mol. The quantitative estimate of drug-likeness (QED) is 0.811. The number of halogens is 1. The maximum atomic E-state index is 13.0. The van der Waals surface area contributed by atoms with Crippen LogP contribution in [0.2, 0.25) is 0 Å². The Bertz CT molecular complexity index is 536. The number of hydrogen-bond acceptors (Lipinski definition) is 5. The van der Waals surface area contributed by atoms with E-state index in [1.165, 1.54) is 30.2 Å². The number of carbonyl (C=O) groups is 2. The fourth-order valence-corrected chi connectivity index (χ4v) is 2.23. The molecule has 1 aliphatic rings. The number of carbonyl (C=O) groups excluding carboxylic acids is 2. The lowest BCUT2D eigenvalue weighted by molar-refractivity contribution is -0.151. The highest BCUT2D eigenvalue weighted by molar-refractivity contribution is 5.86. The van der Waals surface area contributed by atoms with Gasteiger partial charge in [-0.05, 0) is 12.1 Å². The van der Waals surface area contributed by atoms with Crippen LogP contribution in [0, 0.1) is 5.82 Å². The fraction of sp³-hybridized carbons (Fsp3) is 0.429. The minimum absolute atomic E-state index is 0.0467. The van der Waals surface area contributed by atoms with Crippen LogP contribution in [0.15, 0.2) is 24.3 Å². The number of amides is 1. The molecule has 1 saturated heterocycles. The summed E-state index contributed by atoms with van der Waals surface area (Å²) in [6.45, 7) is -0.297. The third-order valence-electron chi connectivity index (χ3n) is 3.23. The minimum atomic E-state index is -0.811. The van der Waals surface area contributed by atoms with Crippen molar-refractivity contribution in [2.24, 2.45) is 0 Å². The molecule has 0 spiro atoms. The Morgan fingerprint density at radius 3 is 2.90 bits per heavy atom. The van der Waals surface area contributed by atoms with Crippen molar-refractivity contribution in [1.29, 1.82) is 0 Å². The van der Waals surface area contributed by atoms with Gasteiger partial charge in [0.25, 0.3) is 5.91 Å². The average molecular weight is 297 g/mol. The summed E-state index contributed by atoms with van der Waals surface area (Å²) < 4.78 is 22.8. The van der Waals surface area contributed by atoms with Gasteiger partial charge in [0.05, 0.1) is 13.2 Å². The largest absolute Gasteiger partial charge is 0.484 e. The summed E-state index contributed by atoms with van der Waals surface area (Å²) in [5, 5.41) is 9.59. The smallest absolute Gasteiger partial charge is 0.328 e. The second kappa shape index (κ2) is 6.53. The zero-order valence-electron chi connectivity index (χ0n) is 11.5. The van der Waals surface area contributed by atoms with Gasteiger partial charge in [-0.25, -0.2) is 9.18 Å². The lowest BCUT2D eigenvalue weighted by Crippen LogP contribution is -2.43. The Labute approximate surface area is 121 Å². The van der Waals surface area contributed by atoms with Crippen molar-refractivity contribution in [2.45, 2.75) is 18.6 Å². The number of aliphatic hydroxyl groups is 1. The Morgan fingerprint density at radius 1 is 1.48 bits per heavy atom. The van der Waals surface area contributed by atoms with Crippen molar-refractivity contribution in [2.75, 3.05) is 20.3 Å². The van der Waals surface area contributed by atoms with Gasteiger partial charge in [-0.2, -0.15) is 0 Å². The van der Waals surface area contributed by atoms with E-state index < -0.39 is 29.8 Å². The van der Waals surface area contributed by atoms with E-state index in [-0.39, 0.29) is 25.3 Å². The number of aliphatic hydroxyl groups excluding tert-OH is 1. The average Bonchev–Trinajstić information content (AvgIpc) is 2.86. The number of methoxy groups -OCH3 is 1. The summed E-state index contributed by atoms with van der Waals surface area (Å²) in [4.78, 5) is 24.9. The highest BCUT2D eigenvalue weighted by Crippen LogP contribution is 2.20. The molecule has 1 aromatic rings. The van der Waals surface area contributed by atoms with E-state index >= 15 is 0 Å². The Morgan fingerprint density at radius 2 is 2.24 bits per heavy atom. The van der Waals surface area contributed by atoms with Crippen molar-refractivity contribution < 1.29 is 28.6 Å². The second-order valence-electron chi connectivity index (χ2n) is 4.72. The van der Waals surface area contributed by atoms with Crippen LogP contribution < -0.4 is 4.74 Å². The van der Waals surface area contributed by atoms with Crippen molar-refractivity contribution >= 4 is 11.9 Å². The molecule has 2 atom stereocenters. The highest BCUT2D eigenvalue weighted by Gasteiger charge is 2.39. The summed E-state index contributed by atoms with van der Waals surface area (Å²) in [6.07, 6.45) is -0.634. The van der Waals surface area contributed by atoms with Gasteiger partial charge < -0.3 is 19.5 Å². The molecule has 0 bridgehead atoms. The van der Waals surface area contributed by atoms with Crippen molar-refractivity contribution in [3.05, 3.63) is 30.1 Å². The summed E-state index contributed by atoms with van der Waals surface area (Å²) in [5.74, 6) is -1.29. The van der Waals surface area contributed by atoms with Crippen LogP contribution in [-0.2, 0) is 14.3 Å². The van der Waals surface area contributed by atoms with Gasteiger partial charge in [0.15, 0.2) is 6.61 Å². The molecule has 0 radical (unpaired) electrons. The summed E-state index contributed by atoms with van der Waals surface area (Å²) in [6, 6.07) is 4.59. The van der Waals surface area contributed by atoms with Gasteiger partial charge in [-0.1, -0.05) is 6.07 Å². The van der Waals surface area contributed by atoms with E-state index in [0.29, 0.717) is 0 Å². The van der Waals surface area contributed by atoms with Gasteiger partial charge in [0.1, 0.15) is 17.6 Å². The van der Waals surface area contributed by atoms with E-state index in [2.05, 4.69) is 4.74 Å². The van der Waals surface area contributed by atoms with Gasteiger partial charge in [-0.3, -0.25) is 4.79 Å². The molecule has 6 nitrogen and oxygen atoms in total. The molecule has 114 valence electrons. The molecule has 1 N–H and O–H groups in total. The Balaban J connectivity index is 1.97. The number of benzene rings is 1. The number of likely N-dealkylation sites (tertiary alicyclic amines) is 1. The Kier molecular flexibility index (Phi) is 4.74. The molecular formula is C14H16FNO5. The zero-order valence-corrected chi connectivity index (χ0v) is 11.5. The SMILES string of the molecule is COC(=O)C1CC(O)CN1C(=O)COc1cccc(F)c1. The van der Waals surface area contributed by atoms with E-state index in [0.717, 1.165) is 6.07 Å². The molecule has 0 aromatic heterocycles. The van der Waals surface area contributed by atoms with Gasteiger partial charge in [0.2, 0.25) is 0 Å². The van der Waals surface area contributed by atoms with Gasteiger partial charge in [0, 0.05) is 19.0 Å². The van der Waals surface area contributed by atoms with Gasteiger partial charge in [-0.15, -0.1) is 0 Å². The summed E-state index contributed by atoms with van der Waals surface area (Å²) >= 11 is 0. The molecule has 0 saturated carbocycles. The van der Waals surface area contributed by atoms with Crippen LogP contribution in [0.1, 0.15) is 6.42 Å². The predicted octanol–water partition coefficient (Wildman–Crippen LogP) is 0.339. The second-order valence-corrected chi connectivity index (χ2v) is 4.72. The molecule has 21 heavy (non-hydrogen) atoms. The van der Waals surface area contributed by atoms with E-state index in [9.17, 15) is 19.1 Å². The van der Waals surface area contributed by atoms with Crippen LogP contribution >= 0.6 is 0 Å². The van der Waals surface area contributed by atoms with Crippen LogP contribution in [0.4, 0.5) is 4.39 Å². The number of β-amino-alcohol motifs (C(OH)–C–C–N with tert-alkyl or cyclic N) is 1. The standard InChI is InChI=1S/C14H16FNO5/c1-20-14(19)12-6-10(17)7-16(12)13(18)8-21-11-4-2-3-9(15)5-11/h2-5,10,12,17H,6-8H2,1H3. The molecule has 1 heterocycles. The normalized spacial score (nSPS) is 21.2. The van der Waals surface area contributed by atoms with Crippen molar-refractivity contribution in [3.63, 3.8) is 0 Å². The Hall–Kier alpha value is -2.15. The number of nitrogens with zero attached hydrogens (tertiary/aromatic N) is 1. The maximum Gasteiger partial charge on any atom is 0.328 e. The topological polar surface area (TPSA) is 76.1 Å². The first kappa shape index (κ1) is 15.2. The number of hydrogen-bond donors (Lipinski definition) is 1. The summed E-state index contributed by atoms with van der Waals surface area (Å²) in [7, 11) is 1.22. The monoisotopic (exact) mass is 297 g/mol. The molecule has 0 aliphatic carbocycles. The van der Waals surface area contributed by atoms with E-state index in [1.807, 2.05) is 0 Å². The highest BCUT2D eigenvalue weighted by atomic mass is 19.1. The first-order chi connectivity index (χ1) is 10.0. The zero-order chi connectivity index (χ0) is 15.4. The van der Waals surface area contributed by atoms with Gasteiger partial charge >= 0.3 is 5.97 Å². The molecule has 7 heteroatoms. The summed E-state index contributed by atoms with van der Waals surface area (Å²) in [5.41, 5.74) is 0. The third-order valence-corrected chi connectivity index (χ3v) is 3.23. The van der Waals surface area contributed by atoms with Crippen molar-refractivity contribution in [1.82, 2.24) is 4.90 Å². The van der Waals surface area contributed by atoms with Crippen LogP contribution in [0.3, 0.4) is 0 Å². The molecule has 1 aromatic carbocycles. The first-order valence-corrected chi connectivity index (χ1v) is 6.45. The van der Waals surface area contributed by atoms with Crippen LogP contribution in [0.5, 0.6) is 5.75 Å². The van der Waals surface area contributed by atoms with Crippen molar-refractivity contribution in [3.8, 4) is 5.75 Å².